The number of hydrogen-bond acceptors (Lipinski definition) is 8. The predicted molar refractivity (Wildman–Crippen MR) is 117 cm³/mol. The van der Waals surface area contributed by atoms with Gasteiger partial charge in [0.2, 0.25) is 23.6 Å². The Kier molecular flexibility index (Phi) is 14.7. The van der Waals surface area contributed by atoms with Crippen LogP contribution in [0.3, 0.4) is 0 Å². The molecule has 11 nitrogen and oxygen atoms in total. The zero-order valence-corrected chi connectivity index (χ0v) is 18.8. The van der Waals surface area contributed by atoms with Crippen LogP contribution in [0.5, 0.6) is 0 Å². The summed E-state index contributed by atoms with van der Waals surface area (Å²) >= 11 is 2.94. The molecule has 0 saturated carbocycles. The topological polar surface area (TPSA) is 194 Å². The van der Waals surface area contributed by atoms with E-state index in [1.165, 1.54) is 23.5 Å². The van der Waals surface area contributed by atoms with Crippen LogP contribution in [0.2, 0.25) is 0 Å². The third-order valence-electron chi connectivity index (χ3n) is 3.99. The molecule has 0 aliphatic rings. The number of amides is 4. The second kappa shape index (κ2) is 15.8. The average molecular weight is 466 g/mol. The van der Waals surface area contributed by atoms with Crippen LogP contribution in [0.15, 0.2) is 0 Å². The standard InChI is InChI=1S/C17H31N5O6S2/c1-29-7-5-10(20-14(24)9-18)15(25)21-11(6-8-30-2)16(26)22-12(17(27)28)3-4-13(19)23/h10-12H,3-9,18H2,1-2H3,(H2,19,23)(H,20,24)(H,21,25)(H,22,26)(H,27,28). The van der Waals surface area contributed by atoms with Gasteiger partial charge in [-0.3, -0.25) is 19.2 Å². The number of hydrogen-bond donors (Lipinski definition) is 6. The van der Waals surface area contributed by atoms with Crippen LogP contribution >= 0.6 is 23.5 Å². The van der Waals surface area contributed by atoms with Gasteiger partial charge in [0.25, 0.3) is 0 Å². The molecule has 13 heteroatoms. The van der Waals surface area contributed by atoms with Crippen molar-refractivity contribution in [3.63, 3.8) is 0 Å². The smallest absolute Gasteiger partial charge is 0.326 e. The molecule has 0 fully saturated rings. The van der Waals surface area contributed by atoms with Crippen LogP contribution < -0.4 is 27.4 Å². The Balaban J connectivity index is 5.25. The van der Waals surface area contributed by atoms with Gasteiger partial charge in [-0.15, -0.1) is 0 Å². The van der Waals surface area contributed by atoms with Gasteiger partial charge in [0.05, 0.1) is 6.54 Å². The molecule has 0 rings (SSSR count). The largest absolute Gasteiger partial charge is 0.480 e. The third kappa shape index (κ3) is 11.9. The fourth-order valence-electron chi connectivity index (χ4n) is 2.35. The lowest BCUT2D eigenvalue weighted by Gasteiger charge is -2.24. The van der Waals surface area contributed by atoms with Crippen molar-refractivity contribution in [1.82, 2.24) is 16.0 Å². The van der Waals surface area contributed by atoms with Crippen LogP contribution in [-0.2, 0) is 24.0 Å². The molecule has 0 heterocycles. The number of carboxylic acid groups (broad SMARTS) is 1. The molecule has 3 atom stereocenters. The first kappa shape index (κ1) is 28.0. The van der Waals surface area contributed by atoms with E-state index >= 15 is 0 Å². The summed E-state index contributed by atoms with van der Waals surface area (Å²) in [6.07, 6.45) is 3.90. The van der Waals surface area contributed by atoms with Crippen LogP contribution in [0, 0.1) is 0 Å². The Morgan fingerprint density at radius 1 is 0.833 bits per heavy atom. The SMILES string of the molecule is CSCCC(NC(=O)CN)C(=O)NC(CCSC)C(=O)NC(CCC(N)=O)C(=O)O. The molecule has 0 aromatic heterocycles. The van der Waals surface area contributed by atoms with Crippen molar-refractivity contribution in [3.8, 4) is 0 Å². The van der Waals surface area contributed by atoms with Gasteiger partial charge < -0.3 is 32.5 Å². The van der Waals surface area contributed by atoms with E-state index in [2.05, 4.69) is 16.0 Å². The Morgan fingerprint density at radius 3 is 1.70 bits per heavy atom. The maximum atomic E-state index is 12.7. The van der Waals surface area contributed by atoms with E-state index < -0.39 is 47.7 Å². The lowest BCUT2D eigenvalue weighted by atomic mass is 10.1. The van der Waals surface area contributed by atoms with Gasteiger partial charge in [-0.25, -0.2) is 4.79 Å². The second-order valence-corrected chi connectivity index (χ2v) is 8.32. The first-order valence-corrected chi connectivity index (χ1v) is 12.0. The Morgan fingerprint density at radius 2 is 1.30 bits per heavy atom. The van der Waals surface area contributed by atoms with E-state index in [4.69, 9.17) is 11.5 Å². The molecular formula is C17H31N5O6S2. The number of nitrogens with two attached hydrogens (primary N) is 2. The van der Waals surface area contributed by atoms with Crippen LogP contribution in [-0.4, -0.2) is 83.4 Å². The molecule has 0 spiro atoms. The van der Waals surface area contributed by atoms with Crippen LogP contribution in [0.4, 0.5) is 0 Å². The minimum Gasteiger partial charge on any atom is -0.480 e. The quantitative estimate of drug-likeness (QED) is 0.153. The van der Waals surface area contributed by atoms with Gasteiger partial charge in [-0.2, -0.15) is 23.5 Å². The molecule has 0 aliphatic heterocycles. The maximum Gasteiger partial charge on any atom is 0.326 e. The molecular weight excluding hydrogens is 434 g/mol. The highest BCUT2D eigenvalue weighted by Gasteiger charge is 2.29. The molecule has 0 aliphatic carbocycles. The van der Waals surface area contributed by atoms with E-state index in [9.17, 15) is 29.1 Å². The summed E-state index contributed by atoms with van der Waals surface area (Å²) in [4.78, 5) is 59.2. The number of aliphatic carboxylic acids is 1. The number of carbonyl (C=O) groups excluding carboxylic acids is 4. The Hall–Kier alpha value is -1.99. The summed E-state index contributed by atoms with van der Waals surface area (Å²) in [5, 5.41) is 16.7. The molecule has 3 unspecified atom stereocenters. The van der Waals surface area contributed by atoms with Crippen molar-refractivity contribution in [2.24, 2.45) is 11.5 Å². The van der Waals surface area contributed by atoms with E-state index in [0.29, 0.717) is 17.9 Å². The lowest BCUT2D eigenvalue weighted by molar-refractivity contribution is -0.142. The van der Waals surface area contributed by atoms with Gasteiger partial charge in [0.1, 0.15) is 18.1 Å². The third-order valence-corrected chi connectivity index (χ3v) is 5.27. The molecule has 0 saturated heterocycles. The summed E-state index contributed by atoms with van der Waals surface area (Å²) < 4.78 is 0. The Bertz CT molecular complexity index is 607. The van der Waals surface area contributed by atoms with E-state index in [-0.39, 0.29) is 25.8 Å². The predicted octanol–water partition coefficient (Wildman–Crippen LogP) is -1.74. The minimum absolute atomic E-state index is 0.164. The molecule has 0 aromatic carbocycles. The highest BCUT2D eigenvalue weighted by atomic mass is 32.2. The minimum atomic E-state index is -1.32. The highest BCUT2D eigenvalue weighted by molar-refractivity contribution is 7.98. The molecule has 0 radical (unpaired) electrons. The molecule has 4 amide bonds. The van der Waals surface area contributed by atoms with Gasteiger partial charge >= 0.3 is 5.97 Å². The zero-order valence-electron chi connectivity index (χ0n) is 17.1. The number of carbonyl (C=O) groups is 5. The van der Waals surface area contributed by atoms with E-state index in [1.807, 2.05) is 12.5 Å². The number of thioether (sulfide) groups is 2. The van der Waals surface area contributed by atoms with Crippen molar-refractivity contribution in [2.45, 2.75) is 43.8 Å². The van der Waals surface area contributed by atoms with Gasteiger partial charge in [-0.05, 0) is 43.3 Å². The van der Waals surface area contributed by atoms with Crippen LogP contribution in [0.25, 0.3) is 0 Å². The molecule has 0 bridgehead atoms. The first-order valence-electron chi connectivity index (χ1n) is 9.25. The molecule has 30 heavy (non-hydrogen) atoms. The van der Waals surface area contributed by atoms with E-state index in [1.54, 1.807) is 0 Å². The monoisotopic (exact) mass is 465 g/mol. The van der Waals surface area contributed by atoms with Crippen molar-refractivity contribution < 1.29 is 29.1 Å². The fourth-order valence-corrected chi connectivity index (χ4v) is 3.29. The number of carboxylic acids is 1. The summed E-state index contributed by atoms with van der Waals surface area (Å²) in [6, 6.07) is -3.20. The lowest BCUT2D eigenvalue weighted by Crippen LogP contribution is -2.56. The van der Waals surface area contributed by atoms with Crippen molar-refractivity contribution in [3.05, 3.63) is 0 Å². The average Bonchev–Trinajstić information content (AvgIpc) is 2.70. The molecule has 8 N–H and O–H groups in total. The highest BCUT2D eigenvalue weighted by Crippen LogP contribution is 2.06. The van der Waals surface area contributed by atoms with Gasteiger partial charge in [-0.1, -0.05) is 0 Å². The second-order valence-electron chi connectivity index (χ2n) is 6.35. The first-order chi connectivity index (χ1) is 14.2. The van der Waals surface area contributed by atoms with Crippen LogP contribution in [0.1, 0.15) is 25.7 Å². The van der Waals surface area contributed by atoms with Crippen molar-refractivity contribution in [2.75, 3.05) is 30.6 Å². The van der Waals surface area contributed by atoms with Gasteiger partial charge in [0, 0.05) is 6.42 Å². The van der Waals surface area contributed by atoms with Crippen molar-refractivity contribution >= 4 is 53.1 Å². The summed E-state index contributed by atoms with van der Waals surface area (Å²) in [5.41, 5.74) is 10.3. The zero-order chi connectivity index (χ0) is 23.1. The number of primary amides is 1. The Labute approximate surface area is 184 Å². The van der Waals surface area contributed by atoms with Gasteiger partial charge in [0.15, 0.2) is 0 Å². The number of rotatable bonds is 16. The van der Waals surface area contributed by atoms with E-state index in [0.717, 1.165) is 0 Å². The van der Waals surface area contributed by atoms with Crippen molar-refractivity contribution in [1.29, 1.82) is 0 Å². The number of nitrogens with one attached hydrogen (secondary N) is 3. The molecule has 0 aromatic rings. The fraction of sp³-hybridized carbons (Fsp3) is 0.706. The normalized spacial score (nSPS) is 13.6. The molecule has 172 valence electrons. The summed E-state index contributed by atoms with van der Waals surface area (Å²) in [6.45, 7) is -0.278. The maximum absolute atomic E-state index is 12.7. The summed E-state index contributed by atoms with van der Waals surface area (Å²) in [7, 11) is 0. The summed E-state index contributed by atoms with van der Waals surface area (Å²) in [5.74, 6) is -2.62.